The summed E-state index contributed by atoms with van der Waals surface area (Å²) in [4.78, 5) is 0. The summed E-state index contributed by atoms with van der Waals surface area (Å²) in [5, 5.41) is 15.8. The SMILES string of the molecule is CNc1nn(-c2cccc(F)c2)c(N)c1C#N. The standard InChI is InChI=1S/C11H10FN5/c1-15-11-9(6-13)10(14)17(16-11)8-4-2-3-7(12)5-8/h2-5H,14H2,1H3,(H,15,16). The van der Waals surface area contributed by atoms with E-state index in [2.05, 4.69) is 10.4 Å². The lowest BCUT2D eigenvalue weighted by Crippen LogP contribution is -2.02. The number of rotatable bonds is 2. The van der Waals surface area contributed by atoms with Crippen LogP contribution in [-0.4, -0.2) is 16.8 Å². The maximum Gasteiger partial charge on any atom is 0.168 e. The Morgan fingerprint density at radius 3 is 2.82 bits per heavy atom. The molecule has 0 spiro atoms. The van der Waals surface area contributed by atoms with E-state index < -0.39 is 0 Å². The maximum absolute atomic E-state index is 13.1. The fourth-order valence-electron chi connectivity index (χ4n) is 1.52. The molecule has 0 aliphatic heterocycles. The fraction of sp³-hybridized carbons (Fsp3) is 0.0909. The Balaban J connectivity index is 2.61. The molecule has 6 heteroatoms. The minimum atomic E-state index is -0.387. The number of anilines is 2. The Bertz CT molecular complexity index is 596. The van der Waals surface area contributed by atoms with Crippen LogP contribution in [0.3, 0.4) is 0 Å². The summed E-state index contributed by atoms with van der Waals surface area (Å²) in [7, 11) is 1.64. The van der Waals surface area contributed by atoms with Gasteiger partial charge in [-0.15, -0.1) is 5.10 Å². The van der Waals surface area contributed by atoms with Gasteiger partial charge in [0, 0.05) is 7.05 Å². The molecule has 1 aromatic heterocycles. The van der Waals surface area contributed by atoms with Gasteiger partial charge in [0.2, 0.25) is 0 Å². The number of nitrogens with two attached hydrogens (primary N) is 1. The second kappa shape index (κ2) is 4.14. The van der Waals surface area contributed by atoms with Crippen LogP contribution >= 0.6 is 0 Å². The van der Waals surface area contributed by atoms with E-state index >= 15 is 0 Å². The van der Waals surface area contributed by atoms with Gasteiger partial charge in [-0.2, -0.15) is 5.26 Å². The quantitative estimate of drug-likeness (QED) is 0.820. The molecular formula is C11H10FN5. The number of aromatic nitrogens is 2. The molecule has 2 aromatic rings. The highest BCUT2D eigenvalue weighted by molar-refractivity contribution is 5.65. The van der Waals surface area contributed by atoms with E-state index in [4.69, 9.17) is 11.0 Å². The van der Waals surface area contributed by atoms with Crippen molar-refractivity contribution < 1.29 is 4.39 Å². The molecule has 5 nitrogen and oxygen atoms in total. The molecular weight excluding hydrogens is 221 g/mol. The van der Waals surface area contributed by atoms with Crippen molar-refractivity contribution in [2.24, 2.45) is 0 Å². The molecule has 0 fully saturated rings. The van der Waals surface area contributed by atoms with Gasteiger partial charge in [-0.3, -0.25) is 0 Å². The highest BCUT2D eigenvalue weighted by Gasteiger charge is 2.15. The monoisotopic (exact) mass is 231 g/mol. The molecule has 0 unspecified atom stereocenters. The summed E-state index contributed by atoms with van der Waals surface area (Å²) in [5.41, 5.74) is 6.51. The second-order valence-electron chi connectivity index (χ2n) is 3.36. The third kappa shape index (κ3) is 1.78. The fourth-order valence-corrected chi connectivity index (χ4v) is 1.52. The molecule has 0 amide bonds. The number of nitrogens with one attached hydrogen (secondary N) is 1. The first-order valence-corrected chi connectivity index (χ1v) is 4.89. The van der Waals surface area contributed by atoms with E-state index in [0.29, 0.717) is 11.5 Å². The van der Waals surface area contributed by atoms with Gasteiger partial charge < -0.3 is 11.1 Å². The van der Waals surface area contributed by atoms with Crippen LogP contribution in [0, 0.1) is 17.1 Å². The van der Waals surface area contributed by atoms with E-state index in [1.54, 1.807) is 19.2 Å². The maximum atomic E-state index is 13.1. The van der Waals surface area contributed by atoms with Gasteiger partial charge in [0.1, 0.15) is 23.3 Å². The highest BCUT2D eigenvalue weighted by Crippen LogP contribution is 2.23. The summed E-state index contributed by atoms with van der Waals surface area (Å²) >= 11 is 0. The molecule has 0 atom stereocenters. The molecule has 0 aliphatic carbocycles. The lowest BCUT2D eigenvalue weighted by Gasteiger charge is -2.03. The lowest BCUT2D eigenvalue weighted by atomic mass is 10.3. The van der Waals surface area contributed by atoms with Crippen molar-refractivity contribution >= 4 is 11.6 Å². The first-order valence-electron chi connectivity index (χ1n) is 4.89. The van der Waals surface area contributed by atoms with Gasteiger partial charge in [-0.1, -0.05) is 6.07 Å². The van der Waals surface area contributed by atoms with Crippen molar-refractivity contribution in [1.29, 1.82) is 5.26 Å². The molecule has 17 heavy (non-hydrogen) atoms. The number of halogens is 1. The Hall–Kier alpha value is -2.55. The van der Waals surface area contributed by atoms with Crippen LogP contribution in [-0.2, 0) is 0 Å². The third-order valence-electron chi connectivity index (χ3n) is 2.32. The van der Waals surface area contributed by atoms with Crippen LogP contribution in [0.2, 0.25) is 0 Å². The van der Waals surface area contributed by atoms with Crippen molar-refractivity contribution in [3.63, 3.8) is 0 Å². The lowest BCUT2D eigenvalue weighted by molar-refractivity contribution is 0.625. The number of nitriles is 1. The number of nitrogens with zero attached hydrogens (tertiary/aromatic N) is 3. The topological polar surface area (TPSA) is 79.7 Å². The summed E-state index contributed by atoms with van der Waals surface area (Å²) in [6.45, 7) is 0. The second-order valence-corrected chi connectivity index (χ2v) is 3.36. The van der Waals surface area contributed by atoms with Crippen molar-refractivity contribution in [2.45, 2.75) is 0 Å². The predicted molar refractivity (Wildman–Crippen MR) is 62.2 cm³/mol. The predicted octanol–water partition coefficient (Wildman–Crippen LogP) is 1.51. The average molecular weight is 231 g/mol. The zero-order valence-corrected chi connectivity index (χ0v) is 9.11. The van der Waals surface area contributed by atoms with E-state index in [1.165, 1.54) is 16.8 Å². The molecule has 0 saturated heterocycles. The summed E-state index contributed by atoms with van der Waals surface area (Å²) < 4.78 is 14.4. The normalized spacial score (nSPS) is 9.94. The first-order chi connectivity index (χ1) is 8.17. The van der Waals surface area contributed by atoms with E-state index in [1.807, 2.05) is 6.07 Å². The van der Waals surface area contributed by atoms with Crippen molar-refractivity contribution in [1.82, 2.24) is 9.78 Å². The van der Waals surface area contributed by atoms with Crippen LogP contribution in [0.4, 0.5) is 16.0 Å². The molecule has 0 bridgehead atoms. The number of hydrogen-bond acceptors (Lipinski definition) is 4. The van der Waals surface area contributed by atoms with Crippen molar-refractivity contribution in [2.75, 3.05) is 18.1 Å². The summed E-state index contributed by atoms with van der Waals surface area (Å²) in [5.74, 6) is 0.165. The molecule has 1 aromatic carbocycles. The smallest absolute Gasteiger partial charge is 0.168 e. The van der Waals surface area contributed by atoms with Gasteiger partial charge in [-0.05, 0) is 18.2 Å². The van der Waals surface area contributed by atoms with E-state index in [0.717, 1.165) is 0 Å². The molecule has 0 aliphatic rings. The van der Waals surface area contributed by atoms with Gasteiger partial charge in [0.25, 0.3) is 0 Å². The van der Waals surface area contributed by atoms with Crippen molar-refractivity contribution in [3.8, 4) is 11.8 Å². The average Bonchev–Trinajstić information content (AvgIpc) is 2.65. The van der Waals surface area contributed by atoms with Crippen LogP contribution in [0.5, 0.6) is 0 Å². The van der Waals surface area contributed by atoms with Gasteiger partial charge in [-0.25, -0.2) is 9.07 Å². The minimum absolute atomic E-state index is 0.183. The molecule has 1 heterocycles. The Kier molecular flexibility index (Phi) is 2.66. The highest BCUT2D eigenvalue weighted by atomic mass is 19.1. The van der Waals surface area contributed by atoms with E-state index in [-0.39, 0.29) is 17.2 Å². The van der Waals surface area contributed by atoms with Gasteiger partial charge >= 0.3 is 0 Å². The summed E-state index contributed by atoms with van der Waals surface area (Å²) in [6, 6.07) is 7.79. The molecule has 3 N–H and O–H groups in total. The molecule has 0 saturated carbocycles. The van der Waals surface area contributed by atoms with Crippen LogP contribution < -0.4 is 11.1 Å². The van der Waals surface area contributed by atoms with Crippen LogP contribution in [0.25, 0.3) is 5.69 Å². The van der Waals surface area contributed by atoms with Gasteiger partial charge in [0.05, 0.1) is 5.69 Å². The van der Waals surface area contributed by atoms with Gasteiger partial charge in [0.15, 0.2) is 5.82 Å². The van der Waals surface area contributed by atoms with Crippen LogP contribution in [0.15, 0.2) is 24.3 Å². The zero-order chi connectivity index (χ0) is 12.4. The zero-order valence-electron chi connectivity index (χ0n) is 9.11. The van der Waals surface area contributed by atoms with Crippen LogP contribution in [0.1, 0.15) is 5.56 Å². The third-order valence-corrected chi connectivity index (χ3v) is 2.32. The van der Waals surface area contributed by atoms with E-state index in [9.17, 15) is 4.39 Å². The molecule has 86 valence electrons. The number of hydrogen-bond donors (Lipinski definition) is 2. The largest absolute Gasteiger partial charge is 0.382 e. The minimum Gasteiger partial charge on any atom is -0.382 e. The Morgan fingerprint density at radius 2 is 2.29 bits per heavy atom. The number of benzene rings is 1. The van der Waals surface area contributed by atoms with Crippen molar-refractivity contribution in [3.05, 3.63) is 35.6 Å². The summed E-state index contributed by atoms with van der Waals surface area (Å²) in [6.07, 6.45) is 0. The Labute approximate surface area is 97.3 Å². The number of nitrogen functional groups attached to an aromatic ring is 1. The molecule has 2 rings (SSSR count). The molecule has 0 radical (unpaired) electrons. The first kappa shape index (κ1) is 11.0. The Morgan fingerprint density at radius 1 is 1.53 bits per heavy atom.